The van der Waals surface area contributed by atoms with Gasteiger partial charge in [0.15, 0.2) is 5.78 Å². The maximum absolute atomic E-state index is 12.7. The van der Waals surface area contributed by atoms with E-state index in [1.807, 2.05) is 0 Å². The Balaban J connectivity index is 1.89. The number of ether oxygens (including phenoxy) is 2. The van der Waals surface area contributed by atoms with Crippen LogP contribution in [0.15, 0.2) is 42.5 Å². The number of hydrogen-bond donors (Lipinski definition) is 7. The molecule has 1 aliphatic rings. The topological polar surface area (TPSA) is 177 Å². The summed E-state index contributed by atoms with van der Waals surface area (Å²) in [5.74, 6) is -2.08. The van der Waals surface area contributed by atoms with Crippen LogP contribution in [0.25, 0.3) is 6.08 Å². The van der Waals surface area contributed by atoms with Crippen LogP contribution in [-0.4, -0.2) is 78.8 Å². The third-order valence-electron chi connectivity index (χ3n) is 4.72. The summed E-state index contributed by atoms with van der Waals surface area (Å²) in [5.41, 5.74) is 0.227. The van der Waals surface area contributed by atoms with E-state index in [9.17, 15) is 40.5 Å². The number of carbonyl (C=O) groups is 1. The van der Waals surface area contributed by atoms with E-state index in [-0.39, 0.29) is 17.1 Å². The number of allylic oxidation sites excluding steroid dienone is 1. The first kappa shape index (κ1) is 22.5. The Bertz CT molecular complexity index is 953. The van der Waals surface area contributed by atoms with Crippen molar-refractivity contribution in [2.24, 2.45) is 0 Å². The molecule has 10 heteroatoms. The molecule has 1 heterocycles. The van der Waals surface area contributed by atoms with Gasteiger partial charge in [-0.15, -0.1) is 0 Å². The van der Waals surface area contributed by atoms with E-state index in [4.69, 9.17) is 9.47 Å². The Morgan fingerprint density at radius 2 is 1.65 bits per heavy atom. The first-order chi connectivity index (χ1) is 14.7. The molecule has 0 radical (unpaired) electrons. The normalized spacial score (nSPS) is 26.1. The summed E-state index contributed by atoms with van der Waals surface area (Å²) in [6.45, 7) is -0.683. The van der Waals surface area contributed by atoms with E-state index >= 15 is 0 Å². The quantitative estimate of drug-likeness (QED) is 0.239. The van der Waals surface area contributed by atoms with E-state index in [1.54, 1.807) is 12.1 Å². The van der Waals surface area contributed by atoms with E-state index in [2.05, 4.69) is 0 Å². The summed E-state index contributed by atoms with van der Waals surface area (Å²) in [6, 6.07) is 7.89. The summed E-state index contributed by atoms with van der Waals surface area (Å²) >= 11 is 0. The van der Waals surface area contributed by atoms with Gasteiger partial charge in [0.2, 0.25) is 6.29 Å². The maximum atomic E-state index is 12.7. The van der Waals surface area contributed by atoms with Crippen LogP contribution in [0.1, 0.15) is 15.9 Å². The lowest BCUT2D eigenvalue weighted by Crippen LogP contribution is -2.60. The van der Waals surface area contributed by atoms with Crippen molar-refractivity contribution in [2.75, 3.05) is 6.61 Å². The van der Waals surface area contributed by atoms with Gasteiger partial charge in [-0.3, -0.25) is 4.79 Å². The molecule has 31 heavy (non-hydrogen) atoms. The number of ketones is 1. The van der Waals surface area contributed by atoms with E-state index in [0.717, 1.165) is 18.2 Å². The van der Waals surface area contributed by atoms with Gasteiger partial charge < -0.3 is 45.2 Å². The van der Waals surface area contributed by atoms with Gasteiger partial charge >= 0.3 is 0 Å². The highest BCUT2D eigenvalue weighted by Crippen LogP contribution is 2.36. The van der Waals surface area contributed by atoms with Crippen molar-refractivity contribution >= 4 is 11.9 Å². The molecule has 5 atom stereocenters. The van der Waals surface area contributed by atoms with Gasteiger partial charge in [0.1, 0.15) is 53.0 Å². The SMILES string of the molecule is O=C(/C=C\c1ccc(O)cc1)c1c(O)cc(O)cc1O[C@@H]1O[C@H](CO)[C@@H](O)[C@H](O)[C@H]1O. The van der Waals surface area contributed by atoms with Crippen molar-refractivity contribution in [1.29, 1.82) is 0 Å². The van der Waals surface area contributed by atoms with Gasteiger partial charge in [0, 0.05) is 12.1 Å². The number of aromatic hydroxyl groups is 3. The monoisotopic (exact) mass is 434 g/mol. The first-order valence-corrected chi connectivity index (χ1v) is 9.26. The second-order valence-electron chi connectivity index (χ2n) is 6.94. The molecule has 0 amide bonds. The molecule has 166 valence electrons. The lowest BCUT2D eigenvalue weighted by molar-refractivity contribution is -0.277. The second-order valence-corrected chi connectivity index (χ2v) is 6.94. The maximum Gasteiger partial charge on any atom is 0.229 e. The summed E-state index contributed by atoms with van der Waals surface area (Å²) in [4.78, 5) is 12.7. The van der Waals surface area contributed by atoms with E-state index < -0.39 is 54.6 Å². The number of rotatable bonds is 6. The van der Waals surface area contributed by atoms with E-state index in [0.29, 0.717) is 5.56 Å². The Hall–Kier alpha value is -3.15. The molecule has 3 rings (SSSR count). The van der Waals surface area contributed by atoms with Gasteiger partial charge in [-0.05, 0) is 23.8 Å². The highest BCUT2D eigenvalue weighted by molar-refractivity contribution is 6.10. The third kappa shape index (κ3) is 4.95. The number of hydrogen-bond acceptors (Lipinski definition) is 10. The number of aliphatic hydroxyl groups excluding tert-OH is 4. The average molecular weight is 434 g/mol. The van der Waals surface area contributed by atoms with Crippen molar-refractivity contribution in [3.05, 3.63) is 53.6 Å². The number of carbonyl (C=O) groups excluding carboxylic acids is 1. The zero-order valence-corrected chi connectivity index (χ0v) is 16.1. The van der Waals surface area contributed by atoms with Crippen LogP contribution in [-0.2, 0) is 4.74 Å². The molecule has 0 aliphatic carbocycles. The fourth-order valence-corrected chi connectivity index (χ4v) is 3.06. The molecule has 0 spiro atoms. The van der Waals surface area contributed by atoms with Crippen LogP contribution in [0.4, 0.5) is 0 Å². The van der Waals surface area contributed by atoms with Gasteiger partial charge in [-0.2, -0.15) is 0 Å². The smallest absolute Gasteiger partial charge is 0.229 e. The van der Waals surface area contributed by atoms with Crippen LogP contribution >= 0.6 is 0 Å². The molecule has 1 aliphatic heterocycles. The summed E-state index contributed by atoms with van der Waals surface area (Å²) in [5, 5.41) is 68.5. The second kappa shape index (κ2) is 9.33. The number of benzene rings is 2. The third-order valence-corrected chi connectivity index (χ3v) is 4.72. The van der Waals surface area contributed by atoms with Crippen LogP contribution in [0.2, 0.25) is 0 Å². The van der Waals surface area contributed by atoms with E-state index in [1.165, 1.54) is 18.2 Å². The van der Waals surface area contributed by atoms with Crippen molar-refractivity contribution in [1.82, 2.24) is 0 Å². The molecule has 10 nitrogen and oxygen atoms in total. The predicted octanol–water partition coefficient (Wildman–Crippen LogP) is -0.122. The minimum Gasteiger partial charge on any atom is -0.508 e. The van der Waals surface area contributed by atoms with Crippen molar-refractivity contribution in [3.8, 4) is 23.0 Å². The molecular formula is C21H22O10. The average Bonchev–Trinajstić information content (AvgIpc) is 2.73. The summed E-state index contributed by atoms with van der Waals surface area (Å²) < 4.78 is 10.7. The summed E-state index contributed by atoms with van der Waals surface area (Å²) in [6.07, 6.45) is -5.39. The van der Waals surface area contributed by atoms with Crippen molar-refractivity contribution < 1.29 is 50.0 Å². The van der Waals surface area contributed by atoms with Gasteiger partial charge in [-0.1, -0.05) is 18.2 Å². The van der Waals surface area contributed by atoms with Gasteiger partial charge in [0.05, 0.1) is 6.61 Å². The molecule has 2 aromatic carbocycles. The fraction of sp³-hybridized carbons (Fsp3) is 0.286. The lowest BCUT2D eigenvalue weighted by atomic mass is 9.99. The minimum absolute atomic E-state index is 0.0508. The van der Waals surface area contributed by atoms with Crippen LogP contribution in [0.3, 0.4) is 0 Å². The zero-order valence-electron chi connectivity index (χ0n) is 16.1. The lowest BCUT2D eigenvalue weighted by Gasteiger charge is -2.39. The molecule has 0 unspecified atom stereocenters. The van der Waals surface area contributed by atoms with Gasteiger partial charge in [-0.25, -0.2) is 0 Å². The van der Waals surface area contributed by atoms with Crippen LogP contribution in [0, 0.1) is 0 Å². The van der Waals surface area contributed by atoms with Crippen molar-refractivity contribution in [3.63, 3.8) is 0 Å². The molecule has 0 bridgehead atoms. The predicted molar refractivity (Wildman–Crippen MR) is 106 cm³/mol. The molecule has 7 N–H and O–H groups in total. The molecule has 0 saturated carbocycles. The minimum atomic E-state index is -1.75. The molecule has 0 aromatic heterocycles. The molecular weight excluding hydrogens is 412 g/mol. The van der Waals surface area contributed by atoms with Gasteiger partial charge in [0.25, 0.3) is 0 Å². The number of aliphatic hydroxyl groups is 4. The summed E-state index contributed by atoms with van der Waals surface area (Å²) in [7, 11) is 0. The van der Waals surface area contributed by atoms with Crippen LogP contribution in [0.5, 0.6) is 23.0 Å². The molecule has 1 fully saturated rings. The molecule has 1 saturated heterocycles. The Labute approximate surface area is 176 Å². The largest absolute Gasteiger partial charge is 0.508 e. The fourth-order valence-electron chi connectivity index (χ4n) is 3.06. The zero-order chi connectivity index (χ0) is 22.7. The Morgan fingerprint density at radius 3 is 2.29 bits per heavy atom. The Morgan fingerprint density at radius 1 is 0.968 bits per heavy atom. The highest BCUT2D eigenvalue weighted by atomic mass is 16.7. The van der Waals surface area contributed by atoms with Crippen molar-refractivity contribution in [2.45, 2.75) is 30.7 Å². The number of phenols is 3. The number of phenolic OH excluding ortho intramolecular Hbond substituents is 3. The Kier molecular flexibility index (Phi) is 6.78. The molecule has 2 aromatic rings. The van der Waals surface area contributed by atoms with Crippen LogP contribution < -0.4 is 4.74 Å². The first-order valence-electron chi connectivity index (χ1n) is 9.26. The standard InChI is InChI=1S/C21H22O10/c22-9-16-18(27)19(28)20(29)21(31-16)30-15-8-12(24)7-14(26)17(15)13(25)6-3-10-1-4-11(23)5-2-10/h1-8,16,18-24,26-29H,9H2/b6-3-/t16-,18-,19+,20-,21-/m1/s1. The highest BCUT2D eigenvalue weighted by Gasteiger charge is 2.45.